The summed E-state index contributed by atoms with van der Waals surface area (Å²) in [7, 11) is 0. The van der Waals surface area contributed by atoms with E-state index in [0.717, 1.165) is 15.7 Å². The number of benzene rings is 2. The third-order valence-electron chi connectivity index (χ3n) is 4.91. The molecular formula is C22H25BrN4O3. The molecular weight excluding hydrogens is 448 g/mol. The Kier molecular flexibility index (Phi) is 7.59. The van der Waals surface area contributed by atoms with Gasteiger partial charge >= 0.3 is 0 Å². The van der Waals surface area contributed by atoms with Gasteiger partial charge in [0.05, 0.1) is 13.1 Å². The first-order valence-corrected chi connectivity index (χ1v) is 10.6. The summed E-state index contributed by atoms with van der Waals surface area (Å²) in [4.78, 5) is 40.5. The van der Waals surface area contributed by atoms with Gasteiger partial charge in [-0.25, -0.2) is 0 Å². The monoisotopic (exact) mass is 472 g/mol. The molecule has 0 saturated carbocycles. The van der Waals surface area contributed by atoms with Crippen molar-refractivity contribution in [2.45, 2.75) is 6.92 Å². The van der Waals surface area contributed by atoms with Crippen LogP contribution in [0, 0.1) is 6.92 Å². The van der Waals surface area contributed by atoms with Crippen molar-refractivity contribution in [3.8, 4) is 0 Å². The number of rotatable bonds is 6. The molecule has 0 atom stereocenters. The minimum Gasteiger partial charge on any atom is -0.343 e. The quantitative estimate of drug-likeness (QED) is 0.675. The molecule has 0 spiro atoms. The molecule has 1 aliphatic rings. The number of aryl methyl sites for hydroxylation is 1. The molecule has 1 heterocycles. The Morgan fingerprint density at radius 1 is 1.00 bits per heavy atom. The van der Waals surface area contributed by atoms with Crippen LogP contribution in [0.2, 0.25) is 0 Å². The van der Waals surface area contributed by atoms with Crippen LogP contribution < -0.4 is 10.6 Å². The molecule has 158 valence electrons. The molecule has 3 amide bonds. The number of hydrogen-bond donors (Lipinski definition) is 2. The summed E-state index contributed by atoms with van der Waals surface area (Å²) in [5.41, 5.74) is 2.42. The predicted octanol–water partition coefficient (Wildman–Crippen LogP) is 2.27. The van der Waals surface area contributed by atoms with Crippen LogP contribution >= 0.6 is 15.9 Å². The fourth-order valence-electron chi connectivity index (χ4n) is 3.20. The molecule has 7 nitrogen and oxygen atoms in total. The van der Waals surface area contributed by atoms with Crippen LogP contribution in [-0.2, 0) is 9.59 Å². The summed E-state index contributed by atoms with van der Waals surface area (Å²) in [6, 6.07) is 14.7. The lowest BCUT2D eigenvalue weighted by Gasteiger charge is -2.34. The first-order chi connectivity index (χ1) is 14.4. The van der Waals surface area contributed by atoms with E-state index in [1.807, 2.05) is 42.2 Å². The second kappa shape index (κ2) is 10.4. The number of nitrogens with zero attached hydrogens (tertiary/aromatic N) is 2. The van der Waals surface area contributed by atoms with Crippen LogP contribution in [0.25, 0.3) is 0 Å². The molecule has 1 saturated heterocycles. The topological polar surface area (TPSA) is 81.8 Å². The number of carbonyl (C=O) groups excluding carboxylic acids is 3. The summed E-state index contributed by atoms with van der Waals surface area (Å²) >= 11 is 3.33. The van der Waals surface area contributed by atoms with E-state index in [2.05, 4.69) is 26.6 Å². The summed E-state index contributed by atoms with van der Waals surface area (Å²) < 4.78 is 0.809. The lowest BCUT2D eigenvalue weighted by Crippen LogP contribution is -2.52. The van der Waals surface area contributed by atoms with E-state index in [1.54, 1.807) is 23.1 Å². The predicted molar refractivity (Wildman–Crippen MR) is 119 cm³/mol. The van der Waals surface area contributed by atoms with Gasteiger partial charge in [-0.05, 0) is 37.3 Å². The lowest BCUT2D eigenvalue weighted by molar-refractivity contribution is -0.132. The van der Waals surface area contributed by atoms with Gasteiger partial charge in [0, 0.05) is 41.9 Å². The van der Waals surface area contributed by atoms with Crippen LogP contribution in [0.15, 0.2) is 53.0 Å². The van der Waals surface area contributed by atoms with E-state index in [4.69, 9.17) is 0 Å². The number of halogens is 1. The number of carbonyl (C=O) groups is 3. The average Bonchev–Trinajstić information content (AvgIpc) is 2.74. The van der Waals surface area contributed by atoms with Crippen molar-refractivity contribution < 1.29 is 14.4 Å². The highest BCUT2D eigenvalue weighted by Crippen LogP contribution is 2.12. The minimum absolute atomic E-state index is 0.0424. The molecule has 1 aliphatic heterocycles. The van der Waals surface area contributed by atoms with Gasteiger partial charge in [0.25, 0.3) is 5.91 Å². The number of nitrogens with one attached hydrogen (secondary N) is 2. The molecule has 2 aromatic rings. The Hall–Kier alpha value is -2.71. The summed E-state index contributed by atoms with van der Waals surface area (Å²) in [6.07, 6.45) is 0. The van der Waals surface area contributed by atoms with E-state index in [1.165, 1.54) is 0 Å². The molecule has 1 fully saturated rings. The van der Waals surface area contributed by atoms with E-state index in [-0.39, 0.29) is 30.8 Å². The highest BCUT2D eigenvalue weighted by atomic mass is 79.9. The van der Waals surface area contributed by atoms with Crippen molar-refractivity contribution >= 4 is 39.3 Å². The molecule has 3 rings (SSSR count). The SMILES string of the molecule is Cc1ccc(NC(=O)CN2CCN(C(=O)CNC(=O)c3cccc(Br)c3)CC2)cc1. The zero-order valence-corrected chi connectivity index (χ0v) is 18.4. The summed E-state index contributed by atoms with van der Waals surface area (Å²) in [6.45, 7) is 4.54. The second-order valence-electron chi connectivity index (χ2n) is 7.26. The standard InChI is InChI=1S/C22H25BrN4O3/c1-16-5-7-19(8-6-16)25-20(28)15-26-9-11-27(12-10-26)21(29)14-24-22(30)17-3-2-4-18(23)13-17/h2-8,13H,9-12,14-15H2,1H3,(H,24,30)(H,25,28). The molecule has 2 aromatic carbocycles. The molecule has 0 aliphatic carbocycles. The average molecular weight is 473 g/mol. The molecule has 2 N–H and O–H groups in total. The van der Waals surface area contributed by atoms with Gasteiger partial charge in [-0.2, -0.15) is 0 Å². The molecule has 0 unspecified atom stereocenters. The van der Waals surface area contributed by atoms with Gasteiger partial charge in [0.15, 0.2) is 0 Å². The van der Waals surface area contributed by atoms with Crippen molar-refractivity contribution in [2.24, 2.45) is 0 Å². The molecule has 0 aromatic heterocycles. The van der Waals surface area contributed by atoms with Gasteiger partial charge < -0.3 is 15.5 Å². The van der Waals surface area contributed by atoms with Gasteiger partial charge in [-0.3, -0.25) is 19.3 Å². The lowest BCUT2D eigenvalue weighted by atomic mass is 10.2. The van der Waals surface area contributed by atoms with Crippen molar-refractivity contribution in [1.82, 2.24) is 15.1 Å². The van der Waals surface area contributed by atoms with Crippen molar-refractivity contribution in [2.75, 3.05) is 44.6 Å². The Labute approximate surface area is 184 Å². The van der Waals surface area contributed by atoms with Gasteiger partial charge in [-0.15, -0.1) is 0 Å². The first-order valence-electron chi connectivity index (χ1n) is 9.81. The Morgan fingerprint density at radius 3 is 2.37 bits per heavy atom. The van der Waals surface area contributed by atoms with E-state index in [0.29, 0.717) is 31.7 Å². The van der Waals surface area contributed by atoms with Crippen molar-refractivity contribution in [1.29, 1.82) is 0 Å². The van der Waals surface area contributed by atoms with Crippen LogP contribution in [0.3, 0.4) is 0 Å². The highest BCUT2D eigenvalue weighted by molar-refractivity contribution is 9.10. The molecule has 8 heteroatoms. The highest BCUT2D eigenvalue weighted by Gasteiger charge is 2.22. The van der Waals surface area contributed by atoms with Crippen LogP contribution in [0.5, 0.6) is 0 Å². The van der Waals surface area contributed by atoms with Crippen molar-refractivity contribution in [3.63, 3.8) is 0 Å². The third kappa shape index (κ3) is 6.40. The Morgan fingerprint density at radius 2 is 1.70 bits per heavy atom. The maximum Gasteiger partial charge on any atom is 0.251 e. The Balaban J connectivity index is 1.39. The smallest absolute Gasteiger partial charge is 0.251 e. The van der Waals surface area contributed by atoms with Crippen LogP contribution in [0.1, 0.15) is 15.9 Å². The fourth-order valence-corrected chi connectivity index (χ4v) is 3.59. The zero-order valence-electron chi connectivity index (χ0n) is 16.9. The molecule has 0 radical (unpaired) electrons. The Bertz CT molecular complexity index is 909. The maximum absolute atomic E-state index is 12.4. The summed E-state index contributed by atoms with van der Waals surface area (Å²) in [5, 5.41) is 5.56. The van der Waals surface area contributed by atoms with Gasteiger partial charge in [0.2, 0.25) is 11.8 Å². The van der Waals surface area contributed by atoms with E-state index >= 15 is 0 Å². The fraction of sp³-hybridized carbons (Fsp3) is 0.318. The number of anilines is 1. The normalized spacial score (nSPS) is 14.3. The summed E-state index contributed by atoms with van der Waals surface area (Å²) in [5.74, 6) is -0.474. The number of amides is 3. The van der Waals surface area contributed by atoms with E-state index in [9.17, 15) is 14.4 Å². The maximum atomic E-state index is 12.4. The number of hydrogen-bond acceptors (Lipinski definition) is 4. The second-order valence-corrected chi connectivity index (χ2v) is 8.18. The largest absolute Gasteiger partial charge is 0.343 e. The van der Waals surface area contributed by atoms with Gasteiger partial charge in [0.1, 0.15) is 0 Å². The van der Waals surface area contributed by atoms with E-state index < -0.39 is 0 Å². The minimum atomic E-state index is -0.281. The molecule has 30 heavy (non-hydrogen) atoms. The third-order valence-corrected chi connectivity index (χ3v) is 5.41. The van der Waals surface area contributed by atoms with Crippen LogP contribution in [-0.4, -0.2) is 66.8 Å². The van der Waals surface area contributed by atoms with Crippen LogP contribution in [0.4, 0.5) is 5.69 Å². The zero-order chi connectivity index (χ0) is 21.5. The number of piperazine rings is 1. The molecule has 0 bridgehead atoms. The van der Waals surface area contributed by atoms with Gasteiger partial charge in [-0.1, -0.05) is 39.7 Å². The van der Waals surface area contributed by atoms with Crippen molar-refractivity contribution in [3.05, 3.63) is 64.1 Å². The first kappa shape index (κ1) is 22.0.